The Morgan fingerprint density at radius 1 is 1.50 bits per heavy atom. The molecule has 2 nitrogen and oxygen atoms in total. The van der Waals surface area contributed by atoms with E-state index in [9.17, 15) is 0 Å². The van der Waals surface area contributed by atoms with Gasteiger partial charge in [-0.15, -0.1) is 17.9 Å². The zero-order valence-electron chi connectivity index (χ0n) is 7.73. The maximum atomic E-state index is 8.99. The molecule has 0 atom stereocenters. The summed E-state index contributed by atoms with van der Waals surface area (Å²) in [4.78, 5) is 1.06. The Morgan fingerprint density at radius 2 is 2.21 bits per heavy atom. The second-order valence-electron chi connectivity index (χ2n) is 3.05. The summed E-state index contributed by atoms with van der Waals surface area (Å²) in [5.74, 6) is 0. The van der Waals surface area contributed by atoms with E-state index in [0.29, 0.717) is 12.8 Å². The van der Waals surface area contributed by atoms with Crippen LogP contribution in [0.3, 0.4) is 0 Å². The molecule has 0 spiro atoms. The van der Waals surface area contributed by atoms with Crippen molar-refractivity contribution in [1.82, 2.24) is 0 Å². The van der Waals surface area contributed by atoms with E-state index in [1.165, 1.54) is 0 Å². The van der Waals surface area contributed by atoms with E-state index < -0.39 is 5.41 Å². The van der Waals surface area contributed by atoms with E-state index in [0.717, 1.165) is 4.88 Å². The molecular formula is C11H10N2S. The second-order valence-corrected chi connectivity index (χ2v) is 4.09. The van der Waals surface area contributed by atoms with Gasteiger partial charge >= 0.3 is 0 Å². The lowest BCUT2D eigenvalue weighted by Gasteiger charge is -2.14. The number of nitriles is 2. The lowest BCUT2D eigenvalue weighted by molar-refractivity contribution is 0.531. The van der Waals surface area contributed by atoms with Crippen molar-refractivity contribution in [2.45, 2.75) is 12.8 Å². The minimum Gasteiger partial charge on any atom is -0.197 e. The fourth-order valence-electron chi connectivity index (χ4n) is 1.22. The van der Waals surface area contributed by atoms with E-state index in [1.807, 2.05) is 17.5 Å². The van der Waals surface area contributed by atoms with Gasteiger partial charge < -0.3 is 0 Å². The minimum absolute atomic E-state index is 0.415. The Balaban J connectivity index is 2.86. The molecule has 3 heteroatoms. The SMILES string of the molecule is C=CCC(C#N)(C#N)Cc1cccs1. The van der Waals surface area contributed by atoms with Gasteiger partial charge in [0.05, 0.1) is 12.1 Å². The molecule has 0 saturated heterocycles. The summed E-state index contributed by atoms with van der Waals surface area (Å²) in [7, 11) is 0. The molecule has 0 aliphatic rings. The van der Waals surface area contributed by atoms with E-state index >= 15 is 0 Å². The van der Waals surface area contributed by atoms with Crippen LogP contribution in [0, 0.1) is 28.1 Å². The third-order valence-electron chi connectivity index (χ3n) is 1.98. The molecule has 1 rings (SSSR count). The summed E-state index contributed by atoms with van der Waals surface area (Å²) in [6.45, 7) is 3.57. The van der Waals surface area contributed by atoms with Gasteiger partial charge in [-0.3, -0.25) is 0 Å². The molecule has 0 saturated carbocycles. The zero-order chi connectivity index (χ0) is 10.4. The van der Waals surface area contributed by atoms with Gasteiger partial charge in [-0.2, -0.15) is 10.5 Å². The van der Waals surface area contributed by atoms with Gasteiger partial charge in [0.2, 0.25) is 0 Å². The average molecular weight is 202 g/mol. The molecule has 0 radical (unpaired) electrons. The number of hydrogen-bond donors (Lipinski definition) is 0. The maximum Gasteiger partial charge on any atom is 0.152 e. The first-order chi connectivity index (χ1) is 6.76. The molecule has 1 heterocycles. The van der Waals surface area contributed by atoms with Gasteiger partial charge in [0, 0.05) is 11.3 Å². The lowest BCUT2D eigenvalue weighted by Crippen LogP contribution is -2.17. The average Bonchev–Trinajstić information content (AvgIpc) is 2.69. The zero-order valence-corrected chi connectivity index (χ0v) is 8.55. The van der Waals surface area contributed by atoms with Crippen molar-refractivity contribution in [3.8, 4) is 12.1 Å². The van der Waals surface area contributed by atoms with Gasteiger partial charge in [0.1, 0.15) is 0 Å². The quantitative estimate of drug-likeness (QED) is 0.705. The number of allylic oxidation sites excluding steroid dienone is 1. The molecule has 0 aromatic carbocycles. The second kappa shape index (κ2) is 4.60. The molecule has 0 bridgehead atoms. The third-order valence-corrected chi connectivity index (χ3v) is 2.85. The van der Waals surface area contributed by atoms with Crippen molar-refractivity contribution < 1.29 is 0 Å². The van der Waals surface area contributed by atoms with Gasteiger partial charge in [0.25, 0.3) is 0 Å². The smallest absolute Gasteiger partial charge is 0.152 e. The van der Waals surface area contributed by atoms with Crippen molar-refractivity contribution in [1.29, 1.82) is 10.5 Å². The van der Waals surface area contributed by atoms with Crippen LogP contribution in [-0.2, 0) is 6.42 Å². The Kier molecular flexibility index (Phi) is 3.45. The lowest BCUT2D eigenvalue weighted by atomic mass is 9.84. The molecule has 0 unspecified atom stereocenters. The summed E-state index contributed by atoms with van der Waals surface area (Å²) < 4.78 is 0. The van der Waals surface area contributed by atoms with Crippen LogP contribution in [0.25, 0.3) is 0 Å². The molecule has 1 aromatic heterocycles. The van der Waals surface area contributed by atoms with Crippen LogP contribution < -0.4 is 0 Å². The Labute approximate surface area is 87.7 Å². The summed E-state index contributed by atoms with van der Waals surface area (Å²) in [5.41, 5.74) is -0.938. The monoisotopic (exact) mass is 202 g/mol. The highest BCUT2D eigenvalue weighted by Gasteiger charge is 2.29. The Morgan fingerprint density at radius 3 is 2.64 bits per heavy atom. The first-order valence-corrected chi connectivity index (χ1v) is 5.10. The summed E-state index contributed by atoms with van der Waals surface area (Å²) in [5, 5.41) is 19.9. The first-order valence-electron chi connectivity index (χ1n) is 4.22. The maximum absolute atomic E-state index is 8.99. The van der Waals surface area contributed by atoms with Crippen LogP contribution in [0.1, 0.15) is 11.3 Å². The van der Waals surface area contributed by atoms with Gasteiger partial charge in [-0.05, 0) is 17.9 Å². The highest BCUT2D eigenvalue weighted by molar-refractivity contribution is 7.09. The molecule has 1 aromatic rings. The van der Waals surface area contributed by atoms with E-state index in [-0.39, 0.29) is 0 Å². The first kappa shape index (κ1) is 10.5. The number of nitrogens with zero attached hydrogens (tertiary/aromatic N) is 2. The van der Waals surface area contributed by atoms with Crippen molar-refractivity contribution >= 4 is 11.3 Å². The predicted molar refractivity (Wildman–Crippen MR) is 56.5 cm³/mol. The highest BCUT2D eigenvalue weighted by Crippen LogP contribution is 2.28. The normalized spacial score (nSPS) is 10.1. The fraction of sp³-hybridized carbons (Fsp3) is 0.273. The standard InChI is InChI=1S/C11H10N2S/c1-2-5-11(8-12,9-13)7-10-4-3-6-14-10/h2-4,6H,1,5,7H2. The van der Waals surface area contributed by atoms with E-state index in [2.05, 4.69) is 18.7 Å². The van der Waals surface area contributed by atoms with Gasteiger partial charge in [0.15, 0.2) is 5.41 Å². The third kappa shape index (κ3) is 2.22. The van der Waals surface area contributed by atoms with Crippen LogP contribution in [0.2, 0.25) is 0 Å². The van der Waals surface area contributed by atoms with Crippen LogP contribution in [0.4, 0.5) is 0 Å². The molecule has 0 aliphatic heterocycles. The van der Waals surface area contributed by atoms with Crippen molar-refractivity contribution in [2.75, 3.05) is 0 Å². The Hall–Kier alpha value is -1.58. The van der Waals surface area contributed by atoms with Gasteiger partial charge in [-0.25, -0.2) is 0 Å². The minimum atomic E-state index is -0.938. The van der Waals surface area contributed by atoms with E-state index in [4.69, 9.17) is 10.5 Å². The van der Waals surface area contributed by atoms with Crippen LogP contribution >= 0.6 is 11.3 Å². The van der Waals surface area contributed by atoms with E-state index in [1.54, 1.807) is 17.4 Å². The molecule has 14 heavy (non-hydrogen) atoms. The van der Waals surface area contributed by atoms with Gasteiger partial charge in [-0.1, -0.05) is 12.1 Å². The predicted octanol–water partition coefficient (Wildman–Crippen LogP) is 2.90. The number of thiophene rings is 1. The van der Waals surface area contributed by atoms with Crippen LogP contribution in [0.5, 0.6) is 0 Å². The molecule has 0 N–H and O–H groups in total. The summed E-state index contributed by atoms with van der Waals surface area (Å²) in [6.07, 6.45) is 2.53. The summed E-state index contributed by atoms with van der Waals surface area (Å²) in [6, 6.07) is 8.02. The molecule has 0 aliphatic carbocycles. The number of rotatable bonds is 4. The number of hydrogen-bond acceptors (Lipinski definition) is 3. The molecular weight excluding hydrogens is 192 g/mol. The van der Waals surface area contributed by atoms with Crippen LogP contribution in [-0.4, -0.2) is 0 Å². The summed E-state index contributed by atoms with van der Waals surface area (Å²) >= 11 is 1.57. The van der Waals surface area contributed by atoms with Crippen molar-refractivity contribution in [3.63, 3.8) is 0 Å². The topological polar surface area (TPSA) is 47.6 Å². The van der Waals surface area contributed by atoms with Crippen LogP contribution in [0.15, 0.2) is 30.2 Å². The van der Waals surface area contributed by atoms with Crippen molar-refractivity contribution in [2.24, 2.45) is 5.41 Å². The largest absolute Gasteiger partial charge is 0.197 e. The fourth-order valence-corrected chi connectivity index (χ4v) is 2.04. The molecule has 0 amide bonds. The highest BCUT2D eigenvalue weighted by atomic mass is 32.1. The Bertz CT molecular complexity index is 364. The molecule has 70 valence electrons. The van der Waals surface area contributed by atoms with Crippen molar-refractivity contribution in [3.05, 3.63) is 35.0 Å². The molecule has 0 fully saturated rings.